The fourth-order valence-corrected chi connectivity index (χ4v) is 2.01. The second kappa shape index (κ2) is 5.32. The summed E-state index contributed by atoms with van der Waals surface area (Å²) in [7, 11) is 5.91. The molecule has 1 unspecified atom stereocenters. The number of aliphatic hydroxyl groups is 1. The van der Waals surface area contributed by atoms with Crippen LogP contribution in [0.3, 0.4) is 0 Å². The summed E-state index contributed by atoms with van der Waals surface area (Å²) in [6.07, 6.45) is -0.270. The maximum absolute atomic E-state index is 9.41. The maximum Gasteiger partial charge on any atom is 0.118 e. The molecule has 0 saturated heterocycles. The van der Waals surface area contributed by atoms with E-state index in [1.807, 2.05) is 19.1 Å². The zero-order valence-electron chi connectivity index (χ0n) is 10.6. The molecule has 90 valence electrons. The van der Waals surface area contributed by atoms with E-state index >= 15 is 0 Å². The first-order valence-corrected chi connectivity index (χ1v) is 5.56. The molecule has 3 nitrogen and oxygen atoms in total. The molecular weight excluding hydrogens is 202 g/mol. The lowest BCUT2D eigenvalue weighted by Crippen LogP contribution is -2.43. The number of hydrogen-bond donors (Lipinski definition) is 1. The number of quaternary nitrogens is 1. The average Bonchev–Trinajstić information content (AvgIpc) is 2.16. The van der Waals surface area contributed by atoms with Crippen molar-refractivity contribution in [2.24, 2.45) is 0 Å². The van der Waals surface area contributed by atoms with Crippen LogP contribution in [0.1, 0.15) is 12.5 Å². The van der Waals surface area contributed by atoms with E-state index in [0.29, 0.717) is 0 Å². The molecule has 0 spiro atoms. The number of ether oxygens (including phenoxy) is 1. The second-order valence-corrected chi connectivity index (χ2v) is 4.97. The van der Waals surface area contributed by atoms with E-state index in [1.165, 1.54) is 5.56 Å². The first-order valence-electron chi connectivity index (χ1n) is 5.56. The van der Waals surface area contributed by atoms with Crippen molar-refractivity contribution in [3.8, 4) is 5.75 Å². The topological polar surface area (TPSA) is 29.5 Å². The minimum Gasteiger partial charge on any atom is -0.497 e. The molecule has 1 aromatic rings. The highest BCUT2D eigenvalue weighted by Gasteiger charge is 2.18. The summed E-state index contributed by atoms with van der Waals surface area (Å²) < 4.78 is 5.90. The van der Waals surface area contributed by atoms with Gasteiger partial charge in [0.25, 0.3) is 0 Å². The van der Waals surface area contributed by atoms with Gasteiger partial charge in [-0.2, -0.15) is 0 Å². The number of methoxy groups -OCH3 is 1. The average molecular weight is 224 g/mol. The molecule has 0 aliphatic carbocycles. The van der Waals surface area contributed by atoms with Crippen LogP contribution in [0, 0.1) is 0 Å². The third kappa shape index (κ3) is 4.21. The molecule has 1 N–H and O–H groups in total. The predicted octanol–water partition coefficient (Wildman–Crippen LogP) is 1.65. The van der Waals surface area contributed by atoms with Gasteiger partial charge in [0, 0.05) is 5.56 Å². The minimum atomic E-state index is -0.270. The SMILES string of the molecule is COc1ccc(C[N+](C)(C)CC(C)O)cc1. The molecule has 0 aromatic heterocycles. The van der Waals surface area contributed by atoms with Crippen LogP contribution in [0.15, 0.2) is 24.3 Å². The molecular formula is C13H22NO2+. The highest BCUT2D eigenvalue weighted by molar-refractivity contribution is 5.26. The van der Waals surface area contributed by atoms with Crippen molar-refractivity contribution in [1.29, 1.82) is 0 Å². The van der Waals surface area contributed by atoms with Crippen molar-refractivity contribution in [2.75, 3.05) is 27.7 Å². The summed E-state index contributed by atoms with van der Waals surface area (Å²) in [5.41, 5.74) is 1.26. The molecule has 1 aromatic carbocycles. The van der Waals surface area contributed by atoms with Crippen molar-refractivity contribution in [3.05, 3.63) is 29.8 Å². The lowest BCUT2D eigenvalue weighted by molar-refractivity contribution is -0.906. The molecule has 0 bridgehead atoms. The Labute approximate surface area is 97.9 Å². The van der Waals surface area contributed by atoms with Gasteiger partial charge in [0.2, 0.25) is 0 Å². The number of benzene rings is 1. The van der Waals surface area contributed by atoms with Gasteiger partial charge in [0.05, 0.1) is 21.2 Å². The second-order valence-electron chi connectivity index (χ2n) is 4.97. The largest absolute Gasteiger partial charge is 0.497 e. The van der Waals surface area contributed by atoms with Crippen molar-refractivity contribution < 1.29 is 14.3 Å². The van der Waals surface area contributed by atoms with Crippen molar-refractivity contribution in [3.63, 3.8) is 0 Å². The summed E-state index contributed by atoms with van der Waals surface area (Å²) in [4.78, 5) is 0. The lowest BCUT2D eigenvalue weighted by Gasteiger charge is -2.31. The highest BCUT2D eigenvalue weighted by atomic mass is 16.5. The van der Waals surface area contributed by atoms with E-state index in [0.717, 1.165) is 23.3 Å². The van der Waals surface area contributed by atoms with Crippen LogP contribution in [-0.4, -0.2) is 43.4 Å². The van der Waals surface area contributed by atoms with Crippen LogP contribution in [-0.2, 0) is 6.54 Å². The summed E-state index contributed by atoms with van der Waals surface area (Å²) in [6, 6.07) is 8.08. The summed E-state index contributed by atoms with van der Waals surface area (Å²) in [5, 5.41) is 9.41. The molecule has 0 radical (unpaired) electrons. The van der Waals surface area contributed by atoms with Gasteiger partial charge in [-0.15, -0.1) is 0 Å². The standard InChI is InChI=1S/C13H22NO2/c1-11(15)9-14(2,3)10-12-5-7-13(16-4)8-6-12/h5-8,11,15H,9-10H2,1-4H3/q+1. The van der Waals surface area contributed by atoms with Gasteiger partial charge in [-0.1, -0.05) is 0 Å². The third-order valence-electron chi connectivity index (χ3n) is 2.53. The van der Waals surface area contributed by atoms with E-state index in [-0.39, 0.29) is 6.10 Å². The third-order valence-corrected chi connectivity index (χ3v) is 2.53. The van der Waals surface area contributed by atoms with Gasteiger partial charge in [0.15, 0.2) is 0 Å². The van der Waals surface area contributed by atoms with Gasteiger partial charge in [-0.3, -0.25) is 0 Å². The maximum atomic E-state index is 9.41. The summed E-state index contributed by atoms with van der Waals surface area (Å²) in [6.45, 7) is 3.49. The van der Waals surface area contributed by atoms with Gasteiger partial charge in [0.1, 0.15) is 24.9 Å². The van der Waals surface area contributed by atoms with Crippen LogP contribution in [0.2, 0.25) is 0 Å². The van der Waals surface area contributed by atoms with Gasteiger partial charge < -0.3 is 14.3 Å². The number of hydrogen-bond acceptors (Lipinski definition) is 2. The molecule has 3 heteroatoms. The zero-order chi connectivity index (χ0) is 12.2. The Morgan fingerprint density at radius 3 is 2.25 bits per heavy atom. The number of aliphatic hydroxyl groups excluding tert-OH is 1. The Hall–Kier alpha value is -1.06. The van der Waals surface area contributed by atoms with Gasteiger partial charge in [-0.25, -0.2) is 0 Å². The van der Waals surface area contributed by atoms with Crippen LogP contribution >= 0.6 is 0 Å². The minimum absolute atomic E-state index is 0.270. The van der Waals surface area contributed by atoms with Crippen molar-refractivity contribution in [2.45, 2.75) is 19.6 Å². The summed E-state index contributed by atoms with van der Waals surface area (Å²) >= 11 is 0. The van der Waals surface area contributed by atoms with Crippen LogP contribution in [0.4, 0.5) is 0 Å². The van der Waals surface area contributed by atoms with Crippen LogP contribution < -0.4 is 4.74 Å². The molecule has 0 fully saturated rings. The van der Waals surface area contributed by atoms with Crippen LogP contribution in [0.25, 0.3) is 0 Å². The molecule has 0 aliphatic heterocycles. The monoisotopic (exact) mass is 224 g/mol. The Bertz CT molecular complexity index is 317. The molecule has 0 aliphatic rings. The van der Waals surface area contributed by atoms with Gasteiger partial charge >= 0.3 is 0 Å². The molecule has 1 rings (SSSR count). The number of likely N-dealkylation sites (N-methyl/N-ethyl adjacent to an activating group) is 1. The lowest BCUT2D eigenvalue weighted by atomic mass is 10.2. The van der Waals surface area contributed by atoms with Crippen molar-refractivity contribution >= 4 is 0 Å². The molecule has 16 heavy (non-hydrogen) atoms. The highest BCUT2D eigenvalue weighted by Crippen LogP contribution is 2.15. The van der Waals surface area contributed by atoms with E-state index in [9.17, 15) is 5.11 Å². The number of rotatable bonds is 5. The smallest absolute Gasteiger partial charge is 0.118 e. The van der Waals surface area contributed by atoms with E-state index < -0.39 is 0 Å². The van der Waals surface area contributed by atoms with Crippen molar-refractivity contribution in [1.82, 2.24) is 0 Å². The summed E-state index contributed by atoms with van der Waals surface area (Å²) in [5.74, 6) is 0.879. The normalized spacial score (nSPS) is 13.6. The quantitative estimate of drug-likeness (QED) is 0.771. The zero-order valence-corrected chi connectivity index (χ0v) is 10.6. The number of nitrogens with zero attached hydrogens (tertiary/aromatic N) is 1. The fourth-order valence-electron chi connectivity index (χ4n) is 2.01. The Kier molecular flexibility index (Phi) is 4.33. The first-order chi connectivity index (χ1) is 7.43. The Morgan fingerprint density at radius 2 is 1.81 bits per heavy atom. The first kappa shape index (κ1) is 13.0. The fraction of sp³-hybridized carbons (Fsp3) is 0.538. The van der Waals surface area contributed by atoms with Gasteiger partial charge in [-0.05, 0) is 31.2 Å². The molecule has 0 heterocycles. The Balaban J connectivity index is 2.64. The molecule has 0 saturated carbocycles. The molecule has 1 atom stereocenters. The van der Waals surface area contributed by atoms with E-state index in [1.54, 1.807) is 7.11 Å². The van der Waals surface area contributed by atoms with Crippen LogP contribution in [0.5, 0.6) is 5.75 Å². The van der Waals surface area contributed by atoms with E-state index in [2.05, 4.69) is 26.2 Å². The predicted molar refractivity (Wildman–Crippen MR) is 65.4 cm³/mol. The Morgan fingerprint density at radius 1 is 1.25 bits per heavy atom. The molecule has 0 amide bonds. The van der Waals surface area contributed by atoms with E-state index in [4.69, 9.17) is 4.74 Å².